The fourth-order valence-electron chi connectivity index (χ4n) is 1.22. The van der Waals surface area contributed by atoms with Gasteiger partial charge < -0.3 is 14.8 Å². The number of carbonyl (C=O) groups excluding carboxylic acids is 1. The molecule has 0 unspecified atom stereocenters. The van der Waals surface area contributed by atoms with Gasteiger partial charge in [0.25, 0.3) is 5.56 Å². The van der Waals surface area contributed by atoms with Crippen LogP contribution in [0, 0.1) is 0 Å². The van der Waals surface area contributed by atoms with Gasteiger partial charge in [0.15, 0.2) is 5.69 Å². The van der Waals surface area contributed by atoms with E-state index in [1.807, 2.05) is 6.92 Å². The molecule has 1 aromatic rings. The standard InChI is InChI=1S/C10H14N2O4/c1-3-4-5-6-11-7(10(15)16-2)8(13)9(14)12-6/h13H,3-5H2,1-2H3,(H,11,12,14). The van der Waals surface area contributed by atoms with E-state index in [1.54, 1.807) is 0 Å². The lowest BCUT2D eigenvalue weighted by molar-refractivity contribution is 0.0589. The van der Waals surface area contributed by atoms with E-state index in [1.165, 1.54) is 0 Å². The van der Waals surface area contributed by atoms with Crippen molar-refractivity contribution in [3.8, 4) is 5.75 Å². The normalized spacial score (nSPS) is 10.1. The second-order valence-electron chi connectivity index (χ2n) is 3.30. The van der Waals surface area contributed by atoms with Crippen LogP contribution in [0.3, 0.4) is 0 Å². The van der Waals surface area contributed by atoms with Gasteiger partial charge in [-0.1, -0.05) is 13.3 Å². The molecule has 2 N–H and O–H groups in total. The van der Waals surface area contributed by atoms with E-state index < -0.39 is 17.3 Å². The summed E-state index contributed by atoms with van der Waals surface area (Å²) in [6, 6.07) is 0. The van der Waals surface area contributed by atoms with Crippen LogP contribution in [0.5, 0.6) is 5.75 Å². The van der Waals surface area contributed by atoms with Crippen LogP contribution >= 0.6 is 0 Å². The summed E-state index contributed by atoms with van der Waals surface area (Å²) in [4.78, 5) is 28.8. The van der Waals surface area contributed by atoms with Crippen molar-refractivity contribution in [1.82, 2.24) is 9.97 Å². The highest BCUT2D eigenvalue weighted by Crippen LogP contribution is 2.10. The molecule has 0 saturated heterocycles. The largest absolute Gasteiger partial charge is 0.501 e. The molecule has 0 spiro atoms. The average molecular weight is 226 g/mol. The maximum Gasteiger partial charge on any atom is 0.360 e. The number of unbranched alkanes of at least 4 members (excludes halogenated alkanes) is 1. The predicted octanol–water partition coefficient (Wildman–Crippen LogP) is 0.605. The molecule has 0 bridgehead atoms. The number of esters is 1. The molecule has 0 aliphatic rings. The molecule has 1 aromatic heterocycles. The lowest BCUT2D eigenvalue weighted by atomic mass is 10.2. The van der Waals surface area contributed by atoms with Gasteiger partial charge >= 0.3 is 5.97 Å². The van der Waals surface area contributed by atoms with Gasteiger partial charge in [0, 0.05) is 6.42 Å². The number of nitrogens with zero attached hydrogens (tertiary/aromatic N) is 1. The van der Waals surface area contributed by atoms with Crippen molar-refractivity contribution in [2.24, 2.45) is 0 Å². The third kappa shape index (κ3) is 2.59. The number of hydrogen-bond acceptors (Lipinski definition) is 5. The first-order valence-electron chi connectivity index (χ1n) is 5.00. The monoisotopic (exact) mass is 226 g/mol. The number of carbonyl (C=O) groups is 1. The van der Waals surface area contributed by atoms with Crippen molar-refractivity contribution >= 4 is 5.97 Å². The van der Waals surface area contributed by atoms with Crippen molar-refractivity contribution in [3.05, 3.63) is 21.9 Å². The zero-order valence-corrected chi connectivity index (χ0v) is 9.24. The van der Waals surface area contributed by atoms with E-state index >= 15 is 0 Å². The summed E-state index contributed by atoms with van der Waals surface area (Å²) in [7, 11) is 1.16. The van der Waals surface area contributed by atoms with Crippen LogP contribution in [-0.4, -0.2) is 28.2 Å². The molecule has 16 heavy (non-hydrogen) atoms. The molecule has 6 heteroatoms. The topological polar surface area (TPSA) is 92.3 Å². The Morgan fingerprint density at radius 2 is 2.25 bits per heavy atom. The molecule has 0 aliphatic carbocycles. The lowest BCUT2D eigenvalue weighted by Crippen LogP contribution is -2.17. The summed E-state index contributed by atoms with van der Waals surface area (Å²) in [5.74, 6) is -1.14. The van der Waals surface area contributed by atoms with Gasteiger partial charge in [0.2, 0.25) is 5.75 Å². The summed E-state index contributed by atoms with van der Waals surface area (Å²) in [6.45, 7) is 2.00. The van der Waals surface area contributed by atoms with E-state index in [0.29, 0.717) is 12.2 Å². The van der Waals surface area contributed by atoms with Gasteiger partial charge in [-0.05, 0) is 6.42 Å². The fraction of sp³-hybridized carbons (Fsp3) is 0.500. The number of H-pyrrole nitrogens is 1. The van der Waals surface area contributed by atoms with Crippen LogP contribution in [-0.2, 0) is 11.2 Å². The van der Waals surface area contributed by atoms with Crippen LogP contribution in [0.15, 0.2) is 4.79 Å². The average Bonchev–Trinajstić information content (AvgIpc) is 2.29. The second-order valence-corrected chi connectivity index (χ2v) is 3.30. The van der Waals surface area contributed by atoms with Crippen molar-refractivity contribution in [2.75, 3.05) is 7.11 Å². The highest BCUT2D eigenvalue weighted by molar-refractivity contribution is 5.89. The Kier molecular flexibility index (Phi) is 4.04. The van der Waals surface area contributed by atoms with Gasteiger partial charge in [-0.25, -0.2) is 9.78 Å². The maximum absolute atomic E-state index is 11.3. The summed E-state index contributed by atoms with van der Waals surface area (Å²) in [5.41, 5.74) is -1.06. The smallest absolute Gasteiger partial charge is 0.360 e. The molecule has 0 fully saturated rings. The summed E-state index contributed by atoms with van der Waals surface area (Å²) < 4.78 is 4.42. The Balaban J connectivity index is 3.12. The van der Waals surface area contributed by atoms with Crippen molar-refractivity contribution in [1.29, 1.82) is 0 Å². The number of aromatic nitrogens is 2. The molecule has 1 heterocycles. The summed E-state index contributed by atoms with van der Waals surface area (Å²) >= 11 is 0. The molecular formula is C10H14N2O4. The molecule has 0 amide bonds. The third-order valence-corrected chi connectivity index (χ3v) is 2.09. The molecule has 88 valence electrons. The summed E-state index contributed by atoms with van der Waals surface area (Å²) in [5, 5.41) is 9.34. The number of aromatic hydroxyl groups is 1. The quantitative estimate of drug-likeness (QED) is 0.733. The molecule has 0 radical (unpaired) electrons. The van der Waals surface area contributed by atoms with Crippen LogP contribution in [0.1, 0.15) is 36.1 Å². The molecule has 0 aliphatic heterocycles. The Labute approximate surface area is 92.3 Å². The SMILES string of the molecule is CCCCc1nc(C(=O)OC)c(O)c(=O)[nH]1. The number of aromatic amines is 1. The predicted molar refractivity (Wildman–Crippen MR) is 56.5 cm³/mol. The van der Waals surface area contributed by atoms with Crippen molar-refractivity contribution in [2.45, 2.75) is 26.2 Å². The third-order valence-electron chi connectivity index (χ3n) is 2.09. The Hall–Kier alpha value is -1.85. The Morgan fingerprint density at radius 1 is 1.56 bits per heavy atom. The number of rotatable bonds is 4. The van der Waals surface area contributed by atoms with Crippen molar-refractivity contribution < 1.29 is 14.6 Å². The number of methoxy groups -OCH3 is 1. The van der Waals surface area contributed by atoms with E-state index in [0.717, 1.165) is 20.0 Å². The minimum Gasteiger partial charge on any atom is -0.501 e. The van der Waals surface area contributed by atoms with Gasteiger partial charge in [0.1, 0.15) is 5.82 Å². The molecule has 0 aromatic carbocycles. The van der Waals surface area contributed by atoms with E-state index in [2.05, 4.69) is 14.7 Å². The van der Waals surface area contributed by atoms with Gasteiger partial charge in [-0.3, -0.25) is 4.79 Å². The molecule has 0 saturated carbocycles. The van der Waals surface area contributed by atoms with Crippen LogP contribution in [0.2, 0.25) is 0 Å². The minimum atomic E-state index is -0.818. The van der Waals surface area contributed by atoms with E-state index in [9.17, 15) is 14.7 Å². The highest BCUT2D eigenvalue weighted by atomic mass is 16.5. The number of nitrogens with one attached hydrogen (secondary N) is 1. The first kappa shape index (κ1) is 12.2. The zero-order chi connectivity index (χ0) is 12.1. The van der Waals surface area contributed by atoms with E-state index in [-0.39, 0.29) is 5.69 Å². The molecule has 6 nitrogen and oxygen atoms in total. The van der Waals surface area contributed by atoms with Crippen LogP contribution < -0.4 is 5.56 Å². The van der Waals surface area contributed by atoms with E-state index in [4.69, 9.17) is 0 Å². The highest BCUT2D eigenvalue weighted by Gasteiger charge is 2.17. The Bertz CT molecular complexity index is 439. The van der Waals surface area contributed by atoms with Gasteiger partial charge in [0.05, 0.1) is 7.11 Å². The number of aryl methyl sites for hydroxylation is 1. The molecular weight excluding hydrogens is 212 g/mol. The van der Waals surface area contributed by atoms with Gasteiger partial charge in [-0.15, -0.1) is 0 Å². The second kappa shape index (κ2) is 5.29. The van der Waals surface area contributed by atoms with Crippen molar-refractivity contribution in [3.63, 3.8) is 0 Å². The lowest BCUT2D eigenvalue weighted by Gasteiger charge is -2.04. The summed E-state index contributed by atoms with van der Waals surface area (Å²) in [6.07, 6.45) is 2.34. The molecule has 1 rings (SSSR count). The maximum atomic E-state index is 11.3. The molecule has 0 atom stereocenters. The number of ether oxygens (including phenoxy) is 1. The zero-order valence-electron chi connectivity index (χ0n) is 9.24. The van der Waals surface area contributed by atoms with Crippen LogP contribution in [0.4, 0.5) is 0 Å². The van der Waals surface area contributed by atoms with Gasteiger partial charge in [-0.2, -0.15) is 0 Å². The number of hydrogen-bond donors (Lipinski definition) is 2. The minimum absolute atomic E-state index is 0.336. The first-order chi connectivity index (χ1) is 7.60. The first-order valence-corrected chi connectivity index (χ1v) is 5.00. The fourth-order valence-corrected chi connectivity index (χ4v) is 1.22. The van der Waals surface area contributed by atoms with Crippen LogP contribution in [0.25, 0.3) is 0 Å². The Morgan fingerprint density at radius 3 is 2.81 bits per heavy atom.